The molecule has 0 spiro atoms. The van der Waals surface area contributed by atoms with Crippen molar-refractivity contribution in [1.29, 1.82) is 0 Å². The Morgan fingerprint density at radius 1 is 1.31 bits per heavy atom. The van der Waals surface area contributed by atoms with Gasteiger partial charge >= 0.3 is 0 Å². The quantitative estimate of drug-likeness (QED) is 0.665. The van der Waals surface area contributed by atoms with Crippen molar-refractivity contribution in [1.82, 2.24) is 4.90 Å². The lowest BCUT2D eigenvalue weighted by molar-refractivity contribution is -0.220. The Morgan fingerprint density at radius 2 is 1.85 bits per heavy atom. The number of ether oxygens (including phenoxy) is 2. The molecule has 3 heteroatoms. The standard InChI is InChI=1S/C10H21NO2/c1-5-11(4)9-6-12-10(8(2)3)13-7-9/h8-10H,5-7H2,1-4H3. The number of nitrogens with zero attached hydrogens (tertiary/aromatic N) is 1. The molecule has 0 aromatic carbocycles. The molecule has 1 fully saturated rings. The smallest absolute Gasteiger partial charge is 0.159 e. The van der Waals surface area contributed by atoms with E-state index in [0.717, 1.165) is 19.8 Å². The lowest BCUT2D eigenvalue weighted by Crippen LogP contribution is -2.46. The van der Waals surface area contributed by atoms with Crippen molar-refractivity contribution in [3.63, 3.8) is 0 Å². The highest BCUT2D eigenvalue weighted by molar-refractivity contribution is 4.71. The maximum Gasteiger partial charge on any atom is 0.159 e. The van der Waals surface area contributed by atoms with Gasteiger partial charge in [-0.25, -0.2) is 0 Å². The molecule has 1 rings (SSSR count). The summed E-state index contributed by atoms with van der Waals surface area (Å²) in [5.74, 6) is 0.452. The molecule has 0 atom stereocenters. The zero-order valence-corrected chi connectivity index (χ0v) is 9.12. The summed E-state index contributed by atoms with van der Waals surface area (Å²) in [6.45, 7) is 9.03. The van der Waals surface area contributed by atoms with Crippen LogP contribution >= 0.6 is 0 Å². The van der Waals surface area contributed by atoms with E-state index in [1.807, 2.05) is 0 Å². The van der Waals surface area contributed by atoms with Gasteiger partial charge in [0.1, 0.15) is 0 Å². The van der Waals surface area contributed by atoms with E-state index >= 15 is 0 Å². The third kappa shape index (κ3) is 2.93. The lowest BCUT2D eigenvalue weighted by Gasteiger charge is -2.35. The first-order valence-corrected chi connectivity index (χ1v) is 5.08. The van der Waals surface area contributed by atoms with Gasteiger partial charge in [0.25, 0.3) is 0 Å². The van der Waals surface area contributed by atoms with E-state index in [1.54, 1.807) is 0 Å². The lowest BCUT2D eigenvalue weighted by atomic mass is 10.2. The molecule has 0 radical (unpaired) electrons. The van der Waals surface area contributed by atoms with Crippen LogP contribution in [0.15, 0.2) is 0 Å². The highest BCUT2D eigenvalue weighted by atomic mass is 16.7. The van der Waals surface area contributed by atoms with Crippen molar-refractivity contribution >= 4 is 0 Å². The molecule has 0 amide bonds. The molecule has 1 heterocycles. The Labute approximate surface area is 81.0 Å². The second kappa shape index (κ2) is 4.94. The van der Waals surface area contributed by atoms with Crippen LogP contribution in [0.1, 0.15) is 20.8 Å². The van der Waals surface area contributed by atoms with E-state index in [1.165, 1.54) is 0 Å². The Bertz CT molecular complexity index is 142. The van der Waals surface area contributed by atoms with E-state index in [0.29, 0.717) is 12.0 Å². The van der Waals surface area contributed by atoms with Crippen molar-refractivity contribution in [2.45, 2.75) is 33.1 Å². The third-order valence-corrected chi connectivity index (χ3v) is 2.57. The van der Waals surface area contributed by atoms with Crippen LogP contribution in [0, 0.1) is 5.92 Å². The molecule has 78 valence electrons. The predicted octanol–water partition coefficient (Wildman–Crippen LogP) is 1.34. The molecule has 1 aliphatic heterocycles. The molecule has 1 saturated heterocycles. The van der Waals surface area contributed by atoms with Crippen LogP contribution < -0.4 is 0 Å². The van der Waals surface area contributed by atoms with E-state index in [9.17, 15) is 0 Å². The molecule has 1 aliphatic rings. The molecule has 0 aromatic heterocycles. The molecule has 0 unspecified atom stereocenters. The van der Waals surface area contributed by atoms with Crippen molar-refractivity contribution in [2.75, 3.05) is 26.8 Å². The van der Waals surface area contributed by atoms with Gasteiger partial charge in [-0.05, 0) is 13.6 Å². The van der Waals surface area contributed by atoms with E-state index in [4.69, 9.17) is 9.47 Å². The fourth-order valence-corrected chi connectivity index (χ4v) is 1.41. The minimum atomic E-state index is 0.00139. The van der Waals surface area contributed by atoms with Crippen LogP contribution in [0.2, 0.25) is 0 Å². The van der Waals surface area contributed by atoms with Crippen molar-refractivity contribution in [2.24, 2.45) is 5.92 Å². The first-order valence-electron chi connectivity index (χ1n) is 5.08. The van der Waals surface area contributed by atoms with Crippen LogP contribution in [-0.4, -0.2) is 44.0 Å². The predicted molar refractivity (Wildman–Crippen MR) is 52.6 cm³/mol. The van der Waals surface area contributed by atoms with E-state index in [-0.39, 0.29) is 6.29 Å². The van der Waals surface area contributed by atoms with Gasteiger partial charge in [-0.15, -0.1) is 0 Å². The molecule has 0 N–H and O–H groups in total. The van der Waals surface area contributed by atoms with Gasteiger partial charge in [-0.2, -0.15) is 0 Å². The highest BCUT2D eigenvalue weighted by Crippen LogP contribution is 2.15. The Kier molecular flexibility index (Phi) is 4.16. The van der Waals surface area contributed by atoms with Gasteiger partial charge in [-0.3, -0.25) is 4.90 Å². The second-order valence-corrected chi connectivity index (χ2v) is 4.01. The molecule has 0 bridgehead atoms. The minimum Gasteiger partial charge on any atom is -0.351 e. The Balaban J connectivity index is 2.30. The normalized spacial score (nSPS) is 30.0. The number of hydrogen-bond acceptors (Lipinski definition) is 3. The van der Waals surface area contributed by atoms with Gasteiger partial charge in [0, 0.05) is 5.92 Å². The first-order chi connectivity index (χ1) is 6.15. The fourth-order valence-electron chi connectivity index (χ4n) is 1.41. The van der Waals surface area contributed by atoms with Crippen molar-refractivity contribution in [3.8, 4) is 0 Å². The summed E-state index contributed by atoms with van der Waals surface area (Å²) in [5.41, 5.74) is 0. The zero-order valence-electron chi connectivity index (χ0n) is 9.12. The van der Waals surface area contributed by atoms with E-state index in [2.05, 4.69) is 32.7 Å². The summed E-state index contributed by atoms with van der Waals surface area (Å²) in [6, 6.07) is 0.431. The van der Waals surface area contributed by atoms with E-state index < -0.39 is 0 Å². The molecule has 0 saturated carbocycles. The summed E-state index contributed by atoms with van der Waals surface area (Å²) in [4.78, 5) is 2.26. The summed E-state index contributed by atoms with van der Waals surface area (Å²) >= 11 is 0. The molecule has 3 nitrogen and oxygen atoms in total. The van der Waals surface area contributed by atoms with Crippen molar-refractivity contribution in [3.05, 3.63) is 0 Å². The number of hydrogen-bond donors (Lipinski definition) is 0. The molecule has 13 heavy (non-hydrogen) atoms. The largest absolute Gasteiger partial charge is 0.351 e. The molecule has 0 aromatic rings. The molecular weight excluding hydrogens is 166 g/mol. The number of rotatable bonds is 3. The Hall–Kier alpha value is -0.120. The average molecular weight is 187 g/mol. The fraction of sp³-hybridized carbons (Fsp3) is 1.00. The minimum absolute atomic E-state index is 0.00139. The summed E-state index contributed by atoms with van der Waals surface area (Å²) in [7, 11) is 2.10. The zero-order chi connectivity index (χ0) is 9.84. The topological polar surface area (TPSA) is 21.7 Å². The monoisotopic (exact) mass is 187 g/mol. The van der Waals surface area contributed by atoms with Crippen LogP contribution in [0.5, 0.6) is 0 Å². The summed E-state index contributed by atoms with van der Waals surface area (Å²) in [5, 5.41) is 0. The van der Waals surface area contributed by atoms with Gasteiger partial charge < -0.3 is 9.47 Å². The van der Waals surface area contributed by atoms with Gasteiger partial charge in [0.05, 0.1) is 19.3 Å². The van der Waals surface area contributed by atoms with Crippen LogP contribution in [0.3, 0.4) is 0 Å². The van der Waals surface area contributed by atoms with Gasteiger partial charge in [0.15, 0.2) is 6.29 Å². The molecular formula is C10H21NO2. The highest BCUT2D eigenvalue weighted by Gasteiger charge is 2.25. The second-order valence-electron chi connectivity index (χ2n) is 4.01. The van der Waals surface area contributed by atoms with Gasteiger partial charge in [0.2, 0.25) is 0 Å². The molecule has 0 aliphatic carbocycles. The van der Waals surface area contributed by atoms with Gasteiger partial charge in [-0.1, -0.05) is 20.8 Å². The summed E-state index contributed by atoms with van der Waals surface area (Å²) in [6.07, 6.45) is 0.00139. The maximum atomic E-state index is 5.61. The van der Waals surface area contributed by atoms with Crippen LogP contribution in [0.25, 0.3) is 0 Å². The maximum absolute atomic E-state index is 5.61. The van der Waals surface area contributed by atoms with Crippen molar-refractivity contribution < 1.29 is 9.47 Å². The summed E-state index contributed by atoms with van der Waals surface area (Å²) < 4.78 is 11.2. The van der Waals surface area contributed by atoms with Crippen LogP contribution in [-0.2, 0) is 9.47 Å². The first kappa shape index (κ1) is 11.0. The van der Waals surface area contributed by atoms with Crippen LogP contribution in [0.4, 0.5) is 0 Å². The number of likely N-dealkylation sites (N-methyl/N-ethyl adjacent to an activating group) is 1. The SMILES string of the molecule is CCN(C)C1COC(C(C)C)OC1. The Morgan fingerprint density at radius 3 is 2.23 bits per heavy atom. The third-order valence-electron chi connectivity index (χ3n) is 2.57. The average Bonchev–Trinajstić information content (AvgIpc) is 2.17.